The van der Waals surface area contributed by atoms with Crippen molar-refractivity contribution in [3.63, 3.8) is 0 Å². The number of hydrogen-bond donors (Lipinski definition) is 2. The molecule has 2 aromatic heterocycles. The summed E-state index contributed by atoms with van der Waals surface area (Å²) in [6.45, 7) is 5.75. The van der Waals surface area contributed by atoms with E-state index in [0.29, 0.717) is 28.6 Å². The summed E-state index contributed by atoms with van der Waals surface area (Å²) in [6.07, 6.45) is 8.80. The van der Waals surface area contributed by atoms with Gasteiger partial charge in [0, 0.05) is 56.1 Å². The molecule has 0 amide bonds. The van der Waals surface area contributed by atoms with Crippen molar-refractivity contribution in [1.29, 1.82) is 5.26 Å². The number of aromatic nitrogens is 3. The van der Waals surface area contributed by atoms with Crippen LogP contribution in [-0.2, 0) is 23.0 Å². The number of likely N-dealkylation sites (tertiary alicyclic amines) is 1. The smallest absolute Gasteiger partial charge is 0.219 e. The van der Waals surface area contributed by atoms with E-state index in [1.807, 2.05) is 12.1 Å². The summed E-state index contributed by atoms with van der Waals surface area (Å²) in [4.78, 5) is 14.8. The van der Waals surface area contributed by atoms with E-state index in [1.165, 1.54) is 18.4 Å². The Bertz CT molecular complexity index is 1690. The molecule has 4 atom stereocenters. The number of methoxy groups -OCH3 is 1. The molecule has 3 N–H and O–H groups in total. The molecular weight excluding hydrogens is 580 g/mol. The molecule has 3 fully saturated rings. The Balaban J connectivity index is 1.21. The van der Waals surface area contributed by atoms with Crippen LogP contribution in [-0.4, -0.2) is 84.1 Å². The van der Waals surface area contributed by atoms with Crippen LogP contribution in [0.5, 0.6) is 5.88 Å². The predicted octanol–water partition coefficient (Wildman–Crippen LogP) is 3.97. The van der Waals surface area contributed by atoms with E-state index in [4.69, 9.17) is 34.9 Å². The molecule has 2 aliphatic heterocycles. The number of likely N-dealkylation sites (N-methyl/N-ethyl adjacent to an activating group) is 1. The summed E-state index contributed by atoms with van der Waals surface area (Å²) >= 11 is 0. The molecule has 11 nitrogen and oxygen atoms in total. The van der Waals surface area contributed by atoms with Crippen LogP contribution in [0.25, 0.3) is 11.5 Å². The van der Waals surface area contributed by atoms with Gasteiger partial charge in [0.2, 0.25) is 5.88 Å². The van der Waals surface area contributed by atoms with Gasteiger partial charge in [-0.05, 0) is 89.0 Å². The normalized spacial score (nSPS) is 27.3. The number of rotatable bonds is 6. The highest BCUT2D eigenvalue weighted by Gasteiger charge is 2.49. The highest BCUT2D eigenvalue weighted by atomic mass is 16.5. The second-order valence-electron chi connectivity index (χ2n) is 14.2. The number of piperazine rings is 1. The van der Waals surface area contributed by atoms with Crippen LogP contribution in [0.2, 0.25) is 0 Å². The molecule has 46 heavy (non-hydrogen) atoms. The van der Waals surface area contributed by atoms with Crippen molar-refractivity contribution in [2.75, 3.05) is 51.0 Å². The second kappa shape index (κ2) is 11.2. The number of fused-ring (bicyclic) bond motifs is 4. The zero-order valence-electron chi connectivity index (χ0n) is 27.1. The first kappa shape index (κ1) is 29.7. The van der Waals surface area contributed by atoms with Crippen molar-refractivity contribution in [2.45, 2.75) is 93.9 Å². The molecule has 8 rings (SSSR count). The number of anilines is 2. The number of nitrogens with one attached hydrogen (secondary N) is 1. The molecule has 2 spiro atoms. The lowest BCUT2D eigenvalue weighted by atomic mass is 9.61. The molecule has 3 aromatic rings. The van der Waals surface area contributed by atoms with E-state index in [2.05, 4.69) is 41.2 Å². The third-order valence-electron chi connectivity index (χ3n) is 11.4. The zero-order chi connectivity index (χ0) is 31.6. The molecule has 4 unspecified atom stereocenters. The van der Waals surface area contributed by atoms with Gasteiger partial charge in [0.1, 0.15) is 18.0 Å². The van der Waals surface area contributed by atoms with Crippen LogP contribution in [0.15, 0.2) is 22.7 Å². The molecule has 4 heterocycles. The van der Waals surface area contributed by atoms with Crippen LogP contribution in [0.1, 0.15) is 79.9 Å². The SMILES string of the molecule is COC1CCN(C)C1C(C)Oc1cc(N2CCNC3(CC3)C2)nc(-c2noc3c2CCCC32CCCc3ccc(N)c(C#N)c32)n1. The number of hydrogen-bond acceptors (Lipinski definition) is 11. The van der Waals surface area contributed by atoms with Crippen molar-refractivity contribution in [2.24, 2.45) is 0 Å². The highest BCUT2D eigenvalue weighted by Crippen LogP contribution is 2.53. The largest absolute Gasteiger partial charge is 0.473 e. The van der Waals surface area contributed by atoms with Gasteiger partial charge in [0.15, 0.2) is 17.3 Å². The average molecular weight is 625 g/mol. The first-order chi connectivity index (χ1) is 22.3. The lowest BCUT2D eigenvalue weighted by Crippen LogP contribution is -2.52. The van der Waals surface area contributed by atoms with Crippen LogP contribution >= 0.6 is 0 Å². The third-order valence-corrected chi connectivity index (χ3v) is 11.4. The Morgan fingerprint density at radius 3 is 2.76 bits per heavy atom. The van der Waals surface area contributed by atoms with Gasteiger partial charge >= 0.3 is 0 Å². The van der Waals surface area contributed by atoms with Crippen molar-refractivity contribution in [1.82, 2.24) is 25.3 Å². The minimum atomic E-state index is -0.433. The topological polar surface area (TPSA) is 139 Å². The van der Waals surface area contributed by atoms with Gasteiger partial charge in [0.25, 0.3) is 0 Å². The highest BCUT2D eigenvalue weighted by molar-refractivity contribution is 5.67. The van der Waals surface area contributed by atoms with E-state index in [9.17, 15) is 5.26 Å². The molecule has 3 aliphatic carbocycles. The van der Waals surface area contributed by atoms with Crippen LogP contribution in [0.3, 0.4) is 0 Å². The van der Waals surface area contributed by atoms with Crippen LogP contribution < -0.4 is 20.7 Å². The maximum absolute atomic E-state index is 10.2. The van der Waals surface area contributed by atoms with Gasteiger partial charge in [-0.2, -0.15) is 10.2 Å². The maximum atomic E-state index is 10.2. The number of ether oxygens (including phenoxy) is 2. The van der Waals surface area contributed by atoms with Gasteiger partial charge in [-0.1, -0.05) is 11.2 Å². The molecule has 1 saturated carbocycles. The lowest BCUT2D eigenvalue weighted by Gasteiger charge is -2.41. The maximum Gasteiger partial charge on any atom is 0.219 e. The van der Waals surface area contributed by atoms with Gasteiger partial charge in [0.05, 0.1) is 23.1 Å². The third kappa shape index (κ3) is 4.76. The monoisotopic (exact) mass is 624 g/mol. The standard InChI is InChI=1S/C35H44N8O3/c1-21(31-26(44-3)10-16-42(31)2)45-28-18-27(43-17-15-38-34(20-43)13-14-34)39-33(40-28)30-23-7-5-12-35(32(23)46-41-30)11-4-6-22-8-9-25(37)24(19-36)29(22)35/h8-9,18,21,26,31,38H,4-7,10-17,20,37H2,1-3H3. The molecule has 0 radical (unpaired) electrons. The summed E-state index contributed by atoms with van der Waals surface area (Å²) in [6, 6.07) is 8.50. The predicted molar refractivity (Wildman–Crippen MR) is 174 cm³/mol. The lowest BCUT2D eigenvalue weighted by molar-refractivity contribution is 0.0174. The van der Waals surface area contributed by atoms with Gasteiger partial charge in [-0.15, -0.1) is 0 Å². The number of nitrogen functional groups attached to an aromatic ring is 1. The minimum Gasteiger partial charge on any atom is -0.473 e. The zero-order valence-corrected chi connectivity index (χ0v) is 27.1. The summed E-state index contributed by atoms with van der Waals surface area (Å²) in [5.41, 5.74) is 11.1. The van der Waals surface area contributed by atoms with Gasteiger partial charge in [-0.25, -0.2) is 4.98 Å². The molecule has 5 aliphatic rings. The fourth-order valence-electron chi connectivity index (χ4n) is 8.98. The summed E-state index contributed by atoms with van der Waals surface area (Å²) in [5.74, 6) is 2.76. The van der Waals surface area contributed by atoms with Gasteiger partial charge in [-0.3, -0.25) is 4.90 Å². The van der Waals surface area contributed by atoms with Crippen LogP contribution in [0.4, 0.5) is 11.5 Å². The van der Waals surface area contributed by atoms with E-state index in [1.54, 1.807) is 7.11 Å². The second-order valence-corrected chi connectivity index (χ2v) is 14.2. The van der Waals surface area contributed by atoms with Crippen molar-refractivity contribution in [3.8, 4) is 23.5 Å². The van der Waals surface area contributed by atoms with Crippen molar-refractivity contribution >= 4 is 11.5 Å². The van der Waals surface area contributed by atoms with Crippen molar-refractivity contribution < 1.29 is 14.0 Å². The number of nitriles is 1. The summed E-state index contributed by atoms with van der Waals surface area (Å²) in [7, 11) is 3.91. The Morgan fingerprint density at radius 1 is 1.15 bits per heavy atom. The number of benzene rings is 1. The average Bonchev–Trinajstić information content (AvgIpc) is 3.46. The Labute approximate surface area is 270 Å². The minimum absolute atomic E-state index is 0.105. The fourth-order valence-corrected chi connectivity index (χ4v) is 8.98. The Kier molecular flexibility index (Phi) is 7.23. The molecule has 1 aromatic carbocycles. The summed E-state index contributed by atoms with van der Waals surface area (Å²) in [5, 5.41) is 18.6. The molecule has 242 valence electrons. The molecule has 0 bridgehead atoms. The number of aryl methyl sites for hydroxylation is 1. The van der Waals surface area contributed by atoms with E-state index >= 15 is 0 Å². The molecule has 11 heteroatoms. The van der Waals surface area contributed by atoms with Crippen molar-refractivity contribution in [3.05, 3.63) is 46.2 Å². The number of nitrogens with zero attached hydrogens (tertiary/aromatic N) is 6. The van der Waals surface area contributed by atoms with E-state index in [0.717, 1.165) is 93.8 Å². The van der Waals surface area contributed by atoms with E-state index < -0.39 is 5.41 Å². The summed E-state index contributed by atoms with van der Waals surface area (Å²) < 4.78 is 18.8. The quantitative estimate of drug-likeness (QED) is 0.385. The fraction of sp³-hybridized carbons (Fsp3) is 0.600. The first-order valence-electron chi connectivity index (χ1n) is 16.9. The van der Waals surface area contributed by atoms with Gasteiger partial charge < -0.3 is 29.9 Å². The van der Waals surface area contributed by atoms with Crippen LogP contribution in [0, 0.1) is 11.3 Å². The Hall–Kier alpha value is -3.72. The molecular formula is C35H44N8O3. The first-order valence-corrected chi connectivity index (χ1v) is 16.9. The van der Waals surface area contributed by atoms with E-state index in [-0.39, 0.29) is 23.8 Å². The Morgan fingerprint density at radius 2 is 1.98 bits per heavy atom. The molecule has 2 saturated heterocycles. The number of nitrogens with two attached hydrogens (primary N) is 1.